The quantitative estimate of drug-likeness (QED) is 0.392. The van der Waals surface area contributed by atoms with E-state index in [-0.39, 0.29) is 17.9 Å². The average molecular weight is 413 g/mol. The number of aromatic carboxylic acids is 1. The van der Waals surface area contributed by atoms with E-state index in [0.29, 0.717) is 23.0 Å². The summed E-state index contributed by atoms with van der Waals surface area (Å²) in [7, 11) is 0. The largest absolute Gasteiger partial charge is 0.487 e. The Labute approximate surface area is 171 Å². The monoisotopic (exact) mass is 412 g/mol. The highest BCUT2D eigenvalue weighted by Gasteiger charge is 2.07. The van der Waals surface area contributed by atoms with Gasteiger partial charge < -0.3 is 15.2 Å². The van der Waals surface area contributed by atoms with Crippen molar-refractivity contribution in [2.45, 2.75) is 13.2 Å². The SMILES string of the molecule is O=C(O)c1cccc(NCc2ccc(OCc3ccc([N+](=O)[O-])cc3)c(Cl)c2)c1. The van der Waals surface area contributed by atoms with Gasteiger partial charge in [-0.25, -0.2) is 4.79 Å². The second-order valence-corrected chi connectivity index (χ2v) is 6.62. The van der Waals surface area contributed by atoms with E-state index in [9.17, 15) is 14.9 Å². The molecule has 0 amide bonds. The smallest absolute Gasteiger partial charge is 0.335 e. The molecule has 0 spiro atoms. The first kappa shape index (κ1) is 20.2. The van der Waals surface area contributed by atoms with Gasteiger partial charge in [-0.3, -0.25) is 10.1 Å². The van der Waals surface area contributed by atoms with Crippen molar-refractivity contribution in [3.8, 4) is 5.75 Å². The van der Waals surface area contributed by atoms with E-state index in [0.717, 1.165) is 11.1 Å². The standard InChI is InChI=1S/C21H17ClN2O5/c22-19-10-15(12-23-17-3-1-2-16(11-17)21(25)26)6-9-20(19)29-13-14-4-7-18(8-5-14)24(27)28/h1-11,23H,12-13H2,(H,25,26). The molecule has 0 aliphatic carbocycles. The number of hydrogen-bond donors (Lipinski definition) is 2. The van der Waals surface area contributed by atoms with Crippen LogP contribution in [0.2, 0.25) is 5.02 Å². The lowest BCUT2D eigenvalue weighted by Gasteiger charge is -2.11. The van der Waals surface area contributed by atoms with Gasteiger partial charge in [-0.05, 0) is 53.6 Å². The number of non-ortho nitro benzene ring substituents is 1. The Kier molecular flexibility index (Phi) is 6.31. The zero-order valence-corrected chi connectivity index (χ0v) is 15.9. The Morgan fingerprint density at radius 2 is 1.79 bits per heavy atom. The maximum atomic E-state index is 11.0. The maximum absolute atomic E-state index is 11.0. The van der Waals surface area contributed by atoms with Crippen LogP contribution in [-0.4, -0.2) is 16.0 Å². The van der Waals surface area contributed by atoms with Gasteiger partial charge in [0, 0.05) is 24.4 Å². The van der Waals surface area contributed by atoms with Crippen LogP contribution in [0.4, 0.5) is 11.4 Å². The van der Waals surface area contributed by atoms with Gasteiger partial charge in [-0.15, -0.1) is 0 Å². The highest BCUT2D eigenvalue weighted by molar-refractivity contribution is 6.32. The molecule has 0 heterocycles. The van der Waals surface area contributed by atoms with Crippen LogP contribution >= 0.6 is 11.6 Å². The van der Waals surface area contributed by atoms with Crippen molar-refractivity contribution >= 4 is 28.9 Å². The van der Waals surface area contributed by atoms with Crippen molar-refractivity contribution in [3.05, 3.63) is 98.6 Å². The Balaban J connectivity index is 1.59. The number of hydrogen-bond acceptors (Lipinski definition) is 5. The van der Waals surface area contributed by atoms with Crippen molar-refractivity contribution in [2.75, 3.05) is 5.32 Å². The summed E-state index contributed by atoms with van der Waals surface area (Å²) in [5.41, 5.74) is 2.62. The van der Waals surface area contributed by atoms with Gasteiger partial charge in [0.15, 0.2) is 0 Å². The van der Waals surface area contributed by atoms with E-state index in [4.69, 9.17) is 21.4 Å². The zero-order chi connectivity index (χ0) is 20.8. The Morgan fingerprint density at radius 3 is 2.45 bits per heavy atom. The molecular formula is C21H17ClN2O5. The van der Waals surface area contributed by atoms with Crippen molar-refractivity contribution in [3.63, 3.8) is 0 Å². The van der Waals surface area contributed by atoms with Crippen LogP contribution in [0.3, 0.4) is 0 Å². The number of halogens is 1. The van der Waals surface area contributed by atoms with Crippen molar-refractivity contribution < 1.29 is 19.6 Å². The van der Waals surface area contributed by atoms with Gasteiger partial charge in [0.2, 0.25) is 0 Å². The molecule has 0 saturated heterocycles. The molecule has 29 heavy (non-hydrogen) atoms. The fourth-order valence-electron chi connectivity index (χ4n) is 2.61. The van der Waals surface area contributed by atoms with Crippen molar-refractivity contribution in [1.29, 1.82) is 0 Å². The van der Waals surface area contributed by atoms with Gasteiger partial charge in [-0.2, -0.15) is 0 Å². The number of nitrogens with zero attached hydrogens (tertiary/aromatic N) is 1. The lowest BCUT2D eigenvalue weighted by atomic mass is 10.2. The molecule has 0 saturated carbocycles. The van der Waals surface area contributed by atoms with Crippen LogP contribution in [0, 0.1) is 10.1 Å². The minimum absolute atomic E-state index is 0.0255. The van der Waals surface area contributed by atoms with Crippen LogP contribution < -0.4 is 10.1 Å². The van der Waals surface area contributed by atoms with E-state index < -0.39 is 10.9 Å². The molecule has 148 valence electrons. The molecule has 0 aliphatic heterocycles. The minimum atomic E-state index is -0.980. The van der Waals surface area contributed by atoms with Crippen LogP contribution in [0.5, 0.6) is 5.75 Å². The number of carboxylic acid groups (broad SMARTS) is 1. The van der Waals surface area contributed by atoms with Crippen LogP contribution in [-0.2, 0) is 13.2 Å². The number of carbonyl (C=O) groups is 1. The molecular weight excluding hydrogens is 396 g/mol. The summed E-state index contributed by atoms with van der Waals surface area (Å²) < 4.78 is 5.70. The Morgan fingerprint density at radius 1 is 1.07 bits per heavy atom. The van der Waals surface area contributed by atoms with Gasteiger partial charge in [0.05, 0.1) is 15.5 Å². The third kappa shape index (κ3) is 5.46. The molecule has 0 unspecified atom stereocenters. The highest BCUT2D eigenvalue weighted by atomic mass is 35.5. The molecule has 0 atom stereocenters. The molecule has 2 N–H and O–H groups in total. The second-order valence-electron chi connectivity index (χ2n) is 6.22. The molecule has 0 aliphatic rings. The summed E-state index contributed by atoms with van der Waals surface area (Å²) in [5.74, 6) is -0.479. The molecule has 3 aromatic rings. The molecule has 0 fully saturated rings. The van der Waals surface area contributed by atoms with Gasteiger partial charge in [0.1, 0.15) is 12.4 Å². The lowest BCUT2D eigenvalue weighted by molar-refractivity contribution is -0.384. The summed E-state index contributed by atoms with van der Waals surface area (Å²) in [6, 6.07) is 18.0. The first-order valence-corrected chi connectivity index (χ1v) is 9.02. The second kappa shape index (κ2) is 9.07. The fraction of sp³-hybridized carbons (Fsp3) is 0.0952. The Hall–Kier alpha value is -3.58. The predicted octanol–water partition coefficient (Wildman–Crippen LogP) is 5.14. The van der Waals surface area contributed by atoms with Gasteiger partial charge in [0.25, 0.3) is 5.69 Å². The average Bonchev–Trinajstić information content (AvgIpc) is 2.72. The van der Waals surface area contributed by atoms with Crippen LogP contribution in [0.25, 0.3) is 0 Å². The summed E-state index contributed by atoms with van der Waals surface area (Å²) in [5, 5.41) is 23.3. The molecule has 0 radical (unpaired) electrons. The number of ether oxygens (including phenoxy) is 1. The van der Waals surface area contributed by atoms with E-state index in [1.807, 2.05) is 6.07 Å². The number of nitro benzene ring substituents is 1. The van der Waals surface area contributed by atoms with E-state index in [1.54, 1.807) is 42.5 Å². The summed E-state index contributed by atoms with van der Waals surface area (Å²) in [4.78, 5) is 21.3. The maximum Gasteiger partial charge on any atom is 0.335 e. The number of anilines is 1. The summed E-state index contributed by atoms with van der Waals surface area (Å²) >= 11 is 6.29. The molecule has 7 nitrogen and oxygen atoms in total. The van der Waals surface area contributed by atoms with Crippen LogP contribution in [0.1, 0.15) is 21.5 Å². The van der Waals surface area contributed by atoms with Gasteiger partial charge in [-0.1, -0.05) is 23.7 Å². The van der Waals surface area contributed by atoms with Gasteiger partial charge >= 0.3 is 5.97 Å². The van der Waals surface area contributed by atoms with Crippen molar-refractivity contribution in [2.24, 2.45) is 0 Å². The molecule has 3 rings (SSSR count). The molecule has 8 heteroatoms. The van der Waals surface area contributed by atoms with E-state index in [2.05, 4.69) is 5.32 Å². The first-order chi connectivity index (χ1) is 13.9. The highest BCUT2D eigenvalue weighted by Crippen LogP contribution is 2.27. The topological polar surface area (TPSA) is 102 Å². The number of carboxylic acids is 1. The van der Waals surface area contributed by atoms with E-state index >= 15 is 0 Å². The zero-order valence-electron chi connectivity index (χ0n) is 15.2. The van der Waals surface area contributed by atoms with Crippen molar-refractivity contribution in [1.82, 2.24) is 0 Å². The number of rotatable bonds is 8. The fourth-order valence-corrected chi connectivity index (χ4v) is 2.87. The minimum Gasteiger partial charge on any atom is -0.487 e. The third-order valence-electron chi connectivity index (χ3n) is 4.14. The number of nitro groups is 1. The third-order valence-corrected chi connectivity index (χ3v) is 4.44. The van der Waals surface area contributed by atoms with Crippen LogP contribution in [0.15, 0.2) is 66.7 Å². The lowest BCUT2D eigenvalue weighted by Crippen LogP contribution is -2.02. The van der Waals surface area contributed by atoms with E-state index in [1.165, 1.54) is 18.2 Å². The normalized spacial score (nSPS) is 10.4. The summed E-state index contributed by atoms with van der Waals surface area (Å²) in [6.45, 7) is 0.697. The first-order valence-electron chi connectivity index (χ1n) is 8.64. The molecule has 0 bridgehead atoms. The summed E-state index contributed by atoms with van der Waals surface area (Å²) in [6.07, 6.45) is 0. The Bertz CT molecular complexity index is 1040. The molecule has 0 aromatic heterocycles. The predicted molar refractivity (Wildman–Crippen MR) is 110 cm³/mol. The number of nitrogens with one attached hydrogen (secondary N) is 1. The number of benzene rings is 3. The molecule has 3 aromatic carbocycles.